The zero-order chi connectivity index (χ0) is 13.2. The van der Waals surface area contributed by atoms with Gasteiger partial charge < -0.3 is 4.90 Å². The number of hydrogen-bond acceptors (Lipinski definition) is 4. The van der Waals surface area contributed by atoms with Crippen LogP contribution in [0.25, 0.3) is 10.4 Å². The normalized spacial score (nSPS) is 14.9. The fourth-order valence-corrected chi connectivity index (χ4v) is 3.37. The minimum atomic E-state index is -0.175. The molecule has 5 heteroatoms. The Morgan fingerprint density at radius 2 is 1.84 bits per heavy atom. The summed E-state index contributed by atoms with van der Waals surface area (Å²) >= 11 is 7.45. The topological polar surface area (TPSA) is 33.2 Å². The molecule has 0 N–H and O–H groups in total. The van der Waals surface area contributed by atoms with Gasteiger partial charge in [0, 0.05) is 29.1 Å². The third kappa shape index (κ3) is 2.80. The van der Waals surface area contributed by atoms with Gasteiger partial charge in [0.05, 0.1) is 0 Å². The third-order valence-corrected chi connectivity index (χ3v) is 4.52. The highest BCUT2D eigenvalue weighted by Crippen LogP contribution is 2.30. The maximum Gasteiger partial charge on any atom is 0.273 e. The van der Waals surface area contributed by atoms with Crippen LogP contribution in [0, 0.1) is 0 Å². The van der Waals surface area contributed by atoms with Crippen LogP contribution in [0.2, 0.25) is 5.02 Å². The first-order valence-corrected chi connectivity index (χ1v) is 7.45. The number of anilines is 1. The summed E-state index contributed by atoms with van der Waals surface area (Å²) in [5.74, 6) is 0. The summed E-state index contributed by atoms with van der Waals surface area (Å²) in [6, 6.07) is 9.13. The molecule has 19 heavy (non-hydrogen) atoms. The molecule has 0 amide bonds. The van der Waals surface area contributed by atoms with Crippen LogP contribution in [0.15, 0.2) is 35.1 Å². The highest BCUT2D eigenvalue weighted by atomic mass is 35.5. The predicted molar refractivity (Wildman–Crippen MR) is 80.3 cm³/mol. The SMILES string of the molecule is O=c1cc(-c2ccc(Cl)cc2)sc(N2CCCC2)n1. The van der Waals surface area contributed by atoms with Crippen LogP contribution in [-0.4, -0.2) is 18.1 Å². The summed E-state index contributed by atoms with van der Waals surface area (Å²) in [4.78, 5) is 19.0. The van der Waals surface area contributed by atoms with Gasteiger partial charge in [-0.05, 0) is 30.5 Å². The van der Waals surface area contributed by atoms with Crippen molar-refractivity contribution in [2.45, 2.75) is 12.8 Å². The number of hydrogen-bond donors (Lipinski definition) is 0. The van der Waals surface area contributed by atoms with E-state index in [1.165, 1.54) is 12.8 Å². The molecule has 1 saturated heterocycles. The molecule has 1 aromatic heterocycles. The molecular weight excluding hydrogens is 280 g/mol. The van der Waals surface area contributed by atoms with Gasteiger partial charge in [-0.25, -0.2) is 0 Å². The molecule has 0 unspecified atom stereocenters. The van der Waals surface area contributed by atoms with E-state index in [1.807, 2.05) is 24.3 Å². The van der Waals surface area contributed by atoms with Gasteiger partial charge in [-0.15, -0.1) is 0 Å². The molecule has 1 aromatic carbocycles. The minimum Gasteiger partial charge on any atom is -0.348 e. The Morgan fingerprint density at radius 3 is 2.53 bits per heavy atom. The van der Waals surface area contributed by atoms with Gasteiger partial charge >= 0.3 is 0 Å². The lowest BCUT2D eigenvalue weighted by atomic mass is 10.2. The Bertz CT molecular complexity index is 633. The number of benzene rings is 1. The zero-order valence-electron chi connectivity index (χ0n) is 10.3. The summed E-state index contributed by atoms with van der Waals surface area (Å²) in [6.45, 7) is 1.99. The molecule has 0 radical (unpaired) electrons. The lowest BCUT2D eigenvalue weighted by Crippen LogP contribution is -2.20. The van der Waals surface area contributed by atoms with Crippen molar-refractivity contribution in [3.8, 4) is 10.4 Å². The summed E-state index contributed by atoms with van der Waals surface area (Å²) in [7, 11) is 0. The highest BCUT2D eigenvalue weighted by molar-refractivity contribution is 7.18. The molecule has 2 aromatic rings. The molecule has 0 bridgehead atoms. The van der Waals surface area contributed by atoms with Crippen molar-refractivity contribution in [1.29, 1.82) is 0 Å². The average molecular weight is 293 g/mol. The fraction of sp³-hybridized carbons (Fsp3) is 0.286. The molecule has 1 aliphatic rings. The van der Waals surface area contributed by atoms with Crippen LogP contribution in [0.5, 0.6) is 0 Å². The Labute approximate surface area is 120 Å². The van der Waals surface area contributed by atoms with Crippen molar-refractivity contribution in [2.24, 2.45) is 0 Å². The monoisotopic (exact) mass is 292 g/mol. The van der Waals surface area contributed by atoms with E-state index in [9.17, 15) is 4.79 Å². The number of halogens is 1. The van der Waals surface area contributed by atoms with Gasteiger partial charge in [0.15, 0.2) is 5.13 Å². The van der Waals surface area contributed by atoms with E-state index in [4.69, 9.17) is 11.6 Å². The van der Waals surface area contributed by atoms with Crippen molar-refractivity contribution in [3.63, 3.8) is 0 Å². The van der Waals surface area contributed by atoms with Crippen LogP contribution in [-0.2, 0) is 0 Å². The highest BCUT2D eigenvalue weighted by Gasteiger charge is 2.16. The Hall–Kier alpha value is -1.39. The maximum absolute atomic E-state index is 11.8. The minimum absolute atomic E-state index is 0.175. The molecular formula is C14H13ClN2OS. The molecule has 2 heterocycles. The van der Waals surface area contributed by atoms with E-state index in [1.54, 1.807) is 17.4 Å². The second kappa shape index (κ2) is 5.31. The maximum atomic E-state index is 11.8. The zero-order valence-corrected chi connectivity index (χ0v) is 11.9. The van der Waals surface area contributed by atoms with Gasteiger partial charge in [0.25, 0.3) is 5.56 Å². The van der Waals surface area contributed by atoms with Crippen molar-refractivity contribution in [1.82, 2.24) is 4.98 Å². The lowest BCUT2D eigenvalue weighted by molar-refractivity contribution is 0.949. The van der Waals surface area contributed by atoms with E-state index in [-0.39, 0.29) is 5.56 Å². The van der Waals surface area contributed by atoms with Crippen LogP contribution in [0.3, 0.4) is 0 Å². The summed E-state index contributed by atoms with van der Waals surface area (Å²) in [6.07, 6.45) is 2.35. The van der Waals surface area contributed by atoms with Gasteiger partial charge in [0.2, 0.25) is 0 Å². The standard InChI is InChI=1S/C14H13ClN2OS/c15-11-5-3-10(4-6-11)12-9-13(18)16-14(19-12)17-7-1-2-8-17/h3-6,9H,1-2,7-8H2. The third-order valence-electron chi connectivity index (χ3n) is 3.17. The Kier molecular flexibility index (Phi) is 3.53. The molecule has 3 nitrogen and oxygen atoms in total. The first-order valence-electron chi connectivity index (χ1n) is 6.25. The quantitative estimate of drug-likeness (QED) is 0.850. The van der Waals surface area contributed by atoms with E-state index in [2.05, 4.69) is 9.88 Å². The number of rotatable bonds is 2. The summed E-state index contributed by atoms with van der Waals surface area (Å²) in [5.41, 5.74) is 0.833. The Morgan fingerprint density at radius 1 is 1.16 bits per heavy atom. The fourth-order valence-electron chi connectivity index (χ4n) is 2.19. The summed E-state index contributed by atoms with van der Waals surface area (Å²) < 4.78 is 0. The summed E-state index contributed by atoms with van der Waals surface area (Å²) in [5, 5.41) is 1.53. The smallest absolute Gasteiger partial charge is 0.273 e. The molecule has 0 atom stereocenters. The molecule has 0 saturated carbocycles. The predicted octanol–water partition coefficient (Wildman–Crippen LogP) is 3.42. The van der Waals surface area contributed by atoms with Gasteiger partial charge in [-0.2, -0.15) is 4.98 Å². The van der Waals surface area contributed by atoms with Crippen molar-refractivity contribution in [2.75, 3.05) is 18.0 Å². The van der Waals surface area contributed by atoms with Crippen LogP contribution < -0.4 is 10.5 Å². The molecule has 98 valence electrons. The van der Waals surface area contributed by atoms with Gasteiger partial charge in [0.1, 0.15) is 0 Å². The number of nitrogens with zero attached hydrogens (tertiary/aromatic N) is 2. The second-order valence-electron chi connectivity index (χ2n) is 4.54. The van der Waals surface area contributed by atoms with Crippen LogP contribution in [0.4, 0.5) is 5.13 Å². The van der Waals surface area contributed by atoms with Crippen LogP contribution >= 0.6 is 22.9 Å². The van der Waals surface area contributed by atoms with E-state index < -0.39 is 0 Å². The lowest BCUT2D eigenvalue weighted by Gasteiger charge is -2.15. The molecule has 3 rings (SSSR count). The first-order chi connectivity index (χ1) is 9.22. The second-order valence-corrected chi connectivity index (χ2v) is 5.99. The largest absolute Gasteiger partial charge is 0.348 e. The van der Waals surface area contributed by atoms with E-state index in [0.717, 1.165) is 28.7 Å². The molecule has 1 aliphatic heterocycles. The van der Waals surface area contributed by atoms with Gasteiger partial charge in [-0.1, -0.05) is 35.1 Å². The molecule has 0 spiro atoms. The van der Waals surface area contributed by atoms with Crippen molar-refractivity contribution < 1.29 is 0 Å². The first kappa shape index (κ1) is 12.6. The number of aromatic nitrogens is 1. The molecule has 0 aliphatic carbocycles. The Balaban J connectivity index is 2.01. The van der Waals surface area contributed by atoms with Crippen molar-refractivity contribution >= 4 is 28.1 Å². The van der Waals surface area contributed by atoms with E-state index >= 15 is 0 Å². The average Bonchev–Trinajstić information content (AvgIpc) is 2.93. The van der Waals surface area contributed by atoms with E-state index in [0.29, 0.717) is 5.02 Å². The molecule has 1 fully saturated rings. The van der Waals surface area contributed by atoms with Gasteiger partial charge in [-0.3, -0.25) is 4.79 Å². The van der Waals surface area contributed by atoms with Crippen molar-refractivity contribution in [3.05, 3.63) is 45.7 Å². The van der Waals surface area contributed by atoms with Crippen LogP contribution in [0.1, 0.15) is 12.8 Å².